The lowest BCUT2D eigenvalue weighted by Crippen LogP contribution is -2.09. The second kappa shape index (κ2) is 7.17. The maximum absolute atomic E-state index is 13.0. The summed E-state index contributed by atoms with van der Waals surface area (Å²) in [5, 5.41) is 0. The highest BCUT2D eigenvalue weighted by Crippen LogP contribution is 2.38. The van der Waals surface area contributed by atoms with Crippen molar-refractivity contribution in [3.8, 4) is 0 Å². The van der Waals surface area contributed by atoms with Gasteiger partial charge in [-0.1, -0.05) is 54.6 Å². The zero-order valence-electron chi connectivity index (χ0n) is 15.7. The Morgan fingerprint density at radius 2 is 1.59 bits per heavy atom. The van der Waals surface area contributed by atoms with Crippen LogP contribution in [0.15, 0.2) is 77.7 Å². The molecule has 0 amide bonds. The first-order chi connectivity index (χ1) is 13.7. The Balaban J connectivity index is 1.95. The fourth-order valence-electron chi connectivity index (χ4n) is 3.53. The number of hydrogen-bond acceptors (Lipinski definition) is 4. The van der Waals surface area contributed by atoms with Crippen LogP contribution in [-0.4, -0.2) is 23.1 Å². The van der Waals surface area contributed by atoms with Gasteiger partial charge >= 0.3 is 0 Å². The molecule has 0 bridgehead atoms. The van der Waals surface area contributed by atoms with Crippen LogP contribution >= 0.6 is 0 Å². The minimum Gasteiger partial charge on any atom is -0.284 e. The molecule has 1 aliphatic rings. The Morgan fingerprint density at radius 3 is 2.34 bits per heavy atom. The second-order valence-electron chi connectivity index (χ2n) is 6.97. The Morgan fingerprint density at radius 1 is 0.897 bits per heavy atom. The summed E-state index contributed by atoms with van der Waals surface area (Å²) in [6.07, 6.45) is 2.99. The van der Waals surface area contributed by atoms with Crippen LogP contribution in [0.2, 0.25) is 0 Å². The summed E-state index contributed by atoms with van der Waals surface area (Å²) in [6.45, 7) is 0. The predicted molar refractivity (Wildman–Crippen MR) is 116 cm³/mol. The molecule has 0 radical (unpaired) electrons. The molecular formula is C22H19NO4S2. The standard InChI is InChI=1S/C22H19NO4S2/c1-28(24,25)23-18-9-6-7-16(13-18)14-21-19-10-3-2-8-17(19)15-29(26,27)22-12-5-4-11-20(21)22/h2-14,23H,15H2,1H3/b21-14+. The predicted octanol–water partition coefficient (Wildman–Crippen LogP) is 3.93. The molecule has 29 heavy (non-hydrogen) atoms. The topological polar surface area (TPSA) is 80.3 Å². The highest BCUT2D eigenvalue weighted by molar-refractivity contribution is 7.92. The van der Waals surface area contributed by atoms with Gasteiger partial charge in [-0.3, -0.25) is 4.72 Å². The van der Waals surface area contributed by atoms with Gasteiger partial charge in [0, 0.05) is 11.3 Å². The van der Waals surface area contributed by atoms with Gasteiger partial charge in [0.05, 0.1) is 16.9 Å². The van der Waals surface area contributed by atoms with Crippen LogP contribution < -0.4 is 4.72 Å². The number of anilines is 1. The van der Waals surface area contributed by atoms with Crippen LogP contribution in [0.4, 0.5) is 5.69 Å². The normalized spacial score (nSPS) is 16.5. The number of sulfone groups is 1. The largest absolute Gasteiger partial charge is 0.284 e. The van der Waals surface area contributed by atoms with Crippen molar-refractivity contribution in [3.05, 3.63) is 95.1 Å². The van der Waals surface area contributed by atoms with Crippen LogP contribution in [-0.2, 0) is 25.6 Å². The van der Waals surface area contributed by atoms with Crippen molar-refractivity contribution in [3.63, 3.8) is 0 Å². The van der Waals surface area contributed by atoms with E-state index < -0.39 is 19.9 Å². The van der Waals surface area contributed by atoms with E-state index in [1.807, 2.05) is 42.5 Å². The van der Waals surface area contributed by atoms with Gasteiger partial charge in [0.1, 0.15) is 0 Å². The molecule has 0 atom stereocenters. The van der Waals surface area contributed by atoms with Crippen LogP contribution in [0.3, 0.4) is 0 Å². The van der Waals surface area contributed by atoms with Crippen molar-refractivity contribution < 1.29 is 16.8 Å². The van der Waals surface area contributed by atoms with Crippen molar-refractivity contribution in [2.24, 2.45) is 0 Å². The van der Waals surface area contributed by atoms with Crippen molar-refractivity contribution >= 4 is 37.2 Å². The van der Waals surface area contributed by atoms with Gasteiger partial charge in [0.25, 0.3) is 0 Å². The third-order valence-corrected chi connectivity index (χ3v) is 6.99. The lowest BCUT2D eigenvalue weighted by atomic mass is 9.92. The van der Waals surface area contributed by atoms with E-state index >= 15 is 0 Å². The highest BCUT2D eigenvalue weighted by atomic mass is 32.2. The minimum atomic E-state index is -3.48. The van der Waals surface area contributed by atoms with Crippen molar-refractivity contribution in [2.75, 3.05) is 11.0 Å². The molecule has 0 saturated carbocycles. The quantitative estimate of drug-likeness (QED) is 0.689. The number of hydrogen-bond donors (Lipinski definition) is 1. The number of nitrogens with one attached hydrogen (secondary N) is 1. The smallest absolute Gasteiger partial charge is 0.229 e. The van der Waals surface area contributed by atoms with Gasteiger partial charge in [0.15, 0.2) is 9.84 Å². The number of sulfonamides is 1. The zero-order valence-corrected chi connectivity index (χ0v) is 17.3. The fraction of sp³-hybridized carbons (Fsp3) is 0.0909. The van der Waals surface area contributed by atoms with Crippen LogP contribution in [0.5, 0.6) is 0 Å². The average Bonchev–Trinajstić information content (AvgIpc) is 2.74. The molecule has 0 aromatic heterocycles. The van der Waals surface area contributed by atoms with E-state index in [1.54, 1.807) is 36.4 Å². The van der Waals surface area contributed by atoms with Gasteiger partial charge in [-0.05, 0) is 46.5 Å². The van der Waals surface area contributed by atoms with Crippen molar-refractivity contribution in [2.45, 2.75) is 10.6 Å². The first kappa shape index (κ1) is 19.4. The molecule has 0 fully saturated rings. The Hall–Kier alpha value is -2.90. The van der Waals surface area contributed by atoms with Gasteiger partial charge in [0.2, 0.25) is 10.0 Å². The molecule has 1 heterocycles. The van der Waals surface area contributed by atoms with E-state index in [1.165, 1.54) is 0 Å². The maximum atomic E-state index is 13.0. The summed E-state index contributed by atoms with van der Waals surface area (Å²) in [5.74, 6) is -0.0623. The minimum absolute atomic E-state index is 0.0623. The molecule has 0 aliphatic carbocycles. The molecule has 7 heteroatoms. The second-order valence-corrected chi connectivity index (χ2v) is 10.7. The first-order valence-electron chi connectivity index (χ1n) is 8.93. The SMILES string of the molecule is CS(=O)(=O)Nc1cccc(/C=C2\c3ccccc3CS(=O)(=O)c3ccccc32)c1. The lowest BCUT2D eigenvalue weighted by molar-refractivity contribution is 0.595. The number of fused-ring (bicyclic) bond motifs is 2. The van der Waals surface area contributed by atoms with E-state index in [4.69, 9.17) is 0 Å². The Labute approximate surface area is 170 Å². The molecular weight excluding hydrogens is 406 g/mol. The molecule has 1 aliphatic heterocycles. The van der Waals surface area contributed by atoms with E-state index in [0.717, 1.165) is 28.5 Å². The maximum Gasteiger partial charge on any atom is 0.229 e. The molecule has 0 spiro atoms. The molecule has 0 unspecified atom stereocenters. The van der Waals surface area contributed by atoms with E-state index in [9.17, 15) is 16.8 Å². The Bertz CT molecular complexity index is 1340. The first-order valence-corrected chi connectivity index (χ1v) is 12.5. The Kier molecular flexibility index (Phi) is 4.80. The van der Waals surface area contributed by atoms with Gasteiger partial charge in [-0.25, -0.2) is 16.8 Å². The highest BCUT2D eigenvalue weighted by Gasteiger charge is 2.27. The molecule has 5 nitrogen and oxygen atoms in total. The molecule has 0 saturated heterocycles. The summed E-state index contributed by atoms with van der Waals surface area (Å²) in [5.41, 5.74) is 4.22. The summed E-state index contributed by atoms with van der Waals surface area (Å²) in [7, 11) is -6.88. The zero-order chi connectivity index (χ0) is 20.6. The average molecular weight is 426 g/mol. The van der Waals surface area contributed by atoms with E-state index in [-0.39, 0.29) is 5.75 Å². The summed E-state index contributed by atoms with van der Waals surface area (Å²) >= 11 is 0. The van der Waals surface area contributed by atoms with E-state index in [2.05, 4.69) is 4.72 Å². The lowest BCUT2D eigenvalue weighted by Gasteiger charge is -2.12. The van der Waals surface area contributed by atoms with Gasteiger partial charge < -0.3 is 0 Å². The van der Waals surface area contributed by atoms with E-state index in [0.29, 0.717) is 16.1 Å². The van der Waals surface area contributed by atoms with Gasteiger partial charge in [-0.15, -0.1) is 0 Å². The van der Waals surface area contributed by atoms with Crippen LogP contribution in [0.1, 0.15) is 22.3 Å². The molecule has 148 valence electrons. The fourth-order valence-corrected chi connectivity index (χ4v) is 5.70. The third kappa shape index (κ3) is 4.11. The monoisotopic (exact) mass is 425 g/mol. The van der Waals surface area contributed by atoms with Crippen molar-refractivity contribution in [1.29, 1.82) is 0 Å². The van der Waals surface area contributed by atoms with Crippen LogP contribution in [0, 0.1) is 0 Å². The molecule has 1 N–H and O–H groups in total. The molecule has 3 aromatic carbocycles. The molecule has 3 aromatic rings. The summed E-state index contributed by atoms with van der Waals surface area (Å²) in [6, 6.07) is 21.4. The van der Waals surface area contributed by atoms with Gasteiger partial charge in [-0.2, -0.15) is 0 Å². The number of benzene rings is 3. The van der Waals surface area contributed by atoms with Crippen molar-refractivity contribution in [1.82, 2.24) is 0 Å². The number of rotatable bonds is 3. The summed E-state index contributed by atoms with van der Waals surface area (Å²) in [4.78, 5) is 0.299. The van der Waals surface area contributed by atoms with Crippen LogP contribution in [0.25, 0.3) is 11.6 Å². The third-order valence-electron chi connectivity index (χ3n) is 4.67. The molecule has 4 rings (SSSR count). The summed E-state index contributed by atoms with van der Waals surface area (Å²) < 4.78 is 51.5.